The van der Waals surface area contributed by atoms with Crippen LogP contribution in [-0.4, -0.2) is 65.6 Å². The standard InChI is InChI=1S/C28H30BrN3O6S/c1-3-37-22-14-19(13-21(29)26(22)38-17-24(33)30-20-9-7-18(2)8-10-20)15-23-27(35)32(28(36)39-23)16-25(34)31-11-5-4-6-12-31/h7-10,13-15H,3-6,11-12,16-17H2,1-2H3,(H,30,33)/b23-15-. The van der Waals surface area contributed by atoms with Crippen LogP contribution in [0.2, 0.25) is 0 Å². The Morgan fingerprint density at radius 2 is 1.79 bits per heavy atom. The zero-order chi connectivity index (χ0) is 27.9. The predicted molar refractivity (Wildman–Crippen MR) is 154 cm³/mol. The minimum Gasteiger partial charge on any atom is -0.490 e. The van der Waals surface area contributed by atoms with Crippen LogP contribution in [-0.2, 0) is 14.4 Å². The van der Waals surface area contributed by atoms with Gasteiger partial charge < -0.3 is 19.7 Å². The molecule has 9 nitrogen and oxygen atoms in total. The van der Waals surface area contributed by atoms with Gasteiger partial charge >= 0.3 is 0 Å². The number of likely N-dealkylation sites (tertiary alicyclic amines) is 1. The number of nitrogens with zero attached hydrogens (tertiary/aromatic N) is 2. The largest absolute Gasteiger partial charge is 0.490 e. The molecule has 4 amide bonds. The topological polar surface area (TPSA) is 105 Å². The van der Waals surface area contributed by atoms with Crippen molar-refractivity contribution in [3.63, 3.8) is 0 Å². The summed E-state index contributed by atoms with van der Waals surface area (Å²) >= 11 is 4.27. The lowest BCUT2D eigenvalue weighted by atomic mass is 10.1. The number of imide groups is 1. The number of rotatable bonds is 9. The molecular weight excluding hydrogens is 586 g/mol. The zero-order valence-electron chi connectivity index (χ0n) is 21.8. The molecule has 1 N–H and O–H groups in total. The number of thioether (sulfide) groups is 1. The highest BCUT2D eigenvalue weighted by Crippen LogP contribution is 2.39. The molecule has 0 spiro atoms. The van der Waals surface area contributed by atoms with E-state index >= 15 is 0 Å². The van der Waals surface area contributed by atoms with Crippen LogP contribution < -0.4 is 14.8 Å². The highest BCUT2D eigenvalue weighted by molar-refractivity contribution is 9.10. The molecular formula is C28H30BrN3O6S. The molecule has 206 valence electrons. The number of aryl methyl sites for hydroxylation is 1. The molecule has 0 saturated carbocycles. The number of halogens is 1. The van der Waals surface area contributed by atoms with E-state index in [1.807, 2.05) is 38.1 Å². The maximum absolute atomic E-state index is 13.0. The molecule has 4 rings (SSSR count). The van der Waals surface area contributed by atoms with E-state index < -0.39 is 11.1 Å². The minimum atomic E-state index is -0.502. The number of carbonyl (C=O) groups excluding carboxylic acids is 4. The second-order valence-electron chi connectivity index (χ2n) is 9.18. The number of piperidine rings is 1. The highest BCUT2D eigenvalue weighted by atomic mass is 79.9. The number of amides is 4. The summed E-state index contributed by atoms with van der Waals surface area (Å²) in [5, 5.41) is 2.31. The van der Waals surface area contributed by atoms with Crippen LogP contribution in [0.5, 0.6) is 11.5 Å². The lowest BCUT2D eigenvalue weighted by Gasteiger charge is -2.27. The van der Waals surface area contributed by atoms with Gasteiger partial charge in [-0.2, -0.15) is 0 Å². The van der Waals surface area contributed by atoms with E-state index in [2.05, 4.69) is 21.2 Å². The molecule has 2 aromatic carbocycles. The van der Waals surface area contributed by atoms with Crippen LogP contribution in [0.3, 0.4) is 0 Å². The van der Waals surface area contributed by atoms with E-state index in [4.69, 9.17) is 9.47 Å². The zero-order valence-corrected chi connectivity index (χ0v) is 24.2. The molecule has 0 aromatic heterocycles. The van der Waals surface area contributed by atoms with Crippen LogP contribution in [0.25, 0.3) is 6.08 Å². The van der Waals surface area contributed by atoms with E-state index in [1.54, 1.807) is 23.1 Å². The number of ether oxygens (including phenoxy) is 2. The molecule has 2 saturated heterocycles. The monoisotopic (exact) mass is 615 g/mol. The predicted octanol–water partition coefficient (Wildman–Crippen LogP) is 5.22. The number of hydrogen-bond acceptors (Lipinski definition) is 7. The van der Waals surface area contributed by atoms with Crippen molar-refractivity contribution in [2.75, 3.05) is 38.2 Å². The van der Waals surface area contributed by atoms with Gasteiger partial charge in [-0.15, -0.1) is 0 Å². The van der Waals surface area contributed by atoms with Gasteiger partial charge in [0.05, 0.1) is 16.0 Å². The lowest BCUT2D eigenvalue weighted by Crippen LogP contribution is -2.44. The summed E-state index contributed by atoms with van der Waals surface area (Å²) < 4.78 is 12.0. The van der Waals surface area contributed by atoms with E-state index in [0.29, 0.717) is 46.9 Å². The Morgan fingerprint density at radius 3 is 2.49 bits per heavy atom. The van der Waals surface area contributed by atoms with Gasteiger partial charge in [0, 0.05) is 18.8 Å². The molecule has 0 radical (unpaired) electrons. The highest BCUT2D eigenvalue weighted by Gasteiger charge is 2.37. The first-order chi connectivity index (χ1) is 18.7. The van der Waals surface area contributed by atoms with Crippen molar-refractivity contribution in [2.24, 2.45) is 0 Å². The number of nitrogens with one attached hydrogen (secondary N) is 1. The first-order valence-electron chi connectivity index (χ1n) is 12.7. The number of anilines is 1. The van der Waals surface area contributed by atoms with Crippen LogP contribution in [0.1, 0.15) is 37.3 Å². The molecule has 2 aromatic rings. The number of benzene rings is 2. The van der Waals surface area contributed by atoms with Crippen LogP contribution in [0, 0.1) is 6.92 Å². The van der Waals surface area contributed by atoms with Crippen molar-refractivity contribution in [1.29, 1.82) is 0 Å². The van der Waals surface area contributed by atoms with Crippen molar-refractivity contribution in [3.8, 4) is 11.5 Å². The van der Waals surface area contributed by atoms with E-state index in [-0.39, 0.29) is 29.9 Å². The molecule has 0 bridgehead atoms. The Hall–Kier alpha value is -3.31. The van der Waals surface area contributed by atoms with Gasteiger partial charge in [0.2, 0.25) is 5.91 Å². The fourth-order valence-corrected chi connectivity index (χ4v) is 5.62. The lowest BCUT2D eigenvalue weighted by molar-refractivity contribution is -0.136. The second kappa shape index (κ2) is 13.2. The molecule has 11 heteroatoms. The second-order valence-corrected chi connectivity index (χ2v) is 11.0. The molecule has 0 atom stereocenters. The first-order valence-corrected chi connectivity index (χ1v) is 14.3. The molecule has 2 fully saturated rings. The van der Waals surface area contributed by atoms with Gasteiger partial charge in [-0.1, -0.05) is 17.7 Å². The van der Waals surface area contributed by atoms with Gasteiger partial charge in [-0.05, 0) is 96.7 Å². The molecule has 0 aliphatic carbocycles. The Morgan fingerprint density at radius 1 is 1.08 bits per heavy atom. The van der Waals surface area contributed by atoms with Crippen LogP contribution in [0.15, 0.2) is 45.8 Å². The maximum atomic E-state index is 13.0. The van der Waals surface area contributed by atoms with Gasteiger partial charge in [-0.25, -0.2) is 0 Å². The average Bonchev–Trinajstić information content (AvgIpc) is 3.17. The fraction of sp³-hybridized carbons (Fsp3) is 0.357. The van der Waals surface area contributed by atoms with E-state index in [9.17, 15) is 19.2 Å². The van der Waals surface area contributed by atoms with Crippen molar-refractivity contribution in [2.45, 2.75) is 33.1 Å². The van der Waals surface area contributed by atoms with Crippen molar-refractivity contribution in [3.05, 3.63) is 56.9 Å². The number of hydrogen-bond donors (Lipinski definition) is 1. The summed E-state index contributed by atoms with van der Waals surface area (Å²) in [5.41, 5.74) is 2.35. The van der Waals surface area contributed by atoms with Gasteiger partial charge in [0.15, 0.2) is 18.1 Å². The third kappa shape index (κ3) is 7.42. The summed E-state index contributed by atoms with van der Waals surface area (Å²) in [6, 6.07) is 10.8. The quantitative estimate of drug-likeness (QED) is 0.385. The van der Waals surface area contributed by atoms with Crippen LogP contribution >= 0.6 is 27.7 Å². The third-order valence-corrected chi connectivity index (χ3v) is 7.68. The maximum Gasteiger partial charge on any atom is 0.294 e. The smallest absolute Gasteiger partial charge is 0.294 e. The minimum absolute atomic E-state index is 0.215. The van der Waals surface area contributed by atoms with E-state index in [0.717, 1.165) is 41.5 Å². The Bertz CT molecular complexity index is 1290. The van der Waals surface area contributed by atoms with Crippen molar-refractivity contribution in [1.82, 2.24) is 9.80 Å². The average molecular weight is 617 g/mol. The Labute approximate surface area is 240 Å². The molecule has 2 heterocycles. The Kier molecular flexibility index (Phi) is 9.68. The summed E-state index contributed by atoms with van der Waals surface area (Å²) in [4.78, 5) is 53.5. The fourth-order valence-electron chi connectivity index (χ4n) is 4.21. The summed E-state index contributed by atoms with van der Waals surface area (Å²) in [6.07, 6.45) is 4.53. The summed E-state index contributed by atoms with van der Waals surface area (Å²) in [5.74, 6) is -0.329. The Balaban J connectivity index is 1.45. The van der Waals surface area contributed by atoms with Gasteiger partial charge in [-0.3, -0.25) is 24.1 Å². The molecule has 2 aliphatic heterocycles. The summed E-state index contributed by atoms with van der Waals surface area (Å²) in [6.45, 7) is 4.94. The SMILES string of the molecule is CCOc1cc(/C=C2\SC(=O)N(CC(=O)N3CCCCC3)C2=O)cc(Br)c1OCC(=O)Nc1ccc(C)cc1. The van der Waals surface area contributed by atoms with Crippen LogP contribution in [0.4, 0.5) is 10.5 Å². The molecule has 0 unspecified atom stereocenters. The van der Waals surface area contributed by atoms with Crippen molar-refractivity contribution >= 4 is 62.4 Å². The number of carbonyl (C=O) groups is 4. The normalized spacial score (nSPS) is 16.5. The van der Waals surface area contributed by atoms with E-state index in [1.165, 1.54) is 0 Å². The summed E-state index contributed by atoms with van der Waals surface area (Å²) in [7, 11) is 0. The third-order valence-electron chi connectivity index (χ3n) is 6.19. The van der Waals surface area contributed by atoms with Crippen molar-refractivity contribution < 1.29 is 28.7 Å². The first kappa shape index (κ1) is 28.7. The van der Waals surface area contributed by atoms with Gasteiger partial charge in [0.25, 0.3) is 17.1 Å². The molecule has 39 heavy (non-hydrogen) atoms. The van der Waals surface area contributed by atoms with Gasteiger partial charge in [0.1, 0.15) is 6.54 Å². The molecule has 2 aliphatic rings.